The van der Waals surface area contributed by atoms with Crippen LogP contribution >= 0.6 is 93.1 Å². The number of aromatic hydroxyl groups is 1. The maximum Gasteiger partial charge on any atom is 0.369 e. The topological polar surface area (TPSA) is 190 Å². The number of ether oxygens (including phenoxy) is 3. The van der Waals surface area contributed by atoms with Gasteiger partial charge >= 0.3 is 3.18 Å². The Morgan fingerprint density at radius 2 is 1.08 bits per heavy atom. The Kier molecular flexibility index (Phi) is 19.7. The molecule has 2 aromatic heterocycles. The first-order valence-corrected chi connectivity index (χ1v) is 27.5. The summed E-state index contributed by atoms with van der Waals surface area (Å²) in [4.78, 5) is 61.3. The van der Waals surface area contributed by atoms with Crippen LogP contribution in [-0.4, -0.2) is 54.3 Å². The van der Waals surface area contributed by atoms with Crippen LogP contribution in [0.4, 0.5) is 11.4 Å². The zero-order chi connectivity index (χ0) is 52.9. The molecule has 5 N–H and O–H groups in total. The molecule has 0 spiro atoms. The fourth-order valence-electron chi connectivity index (χ4n) is 7.20. The molecule has 2 aliphatic rings. The van der Waals surface area contributed by atoms with Crippen LogP contribution in [0, 0.1) is 13.8 Å². The number of halogens is 5. The number of methoxy groups -OCH3 is 1. The van der Waals surface area contributed by atoms with E-state index < -0.39 is 0 Å². The molecule has 2 aliphatic heterocycles. The van der Waals surface area contributed by atoms with Crippen LogP contribution in [0.2, 0.25) is 0 Å². The van der Waals surface area contributed by atoms with Gasteiger partial charge < -0.3 is 40.6 Å². The fourth-order valence-corrected chi connectivity index (χ4v) is 8.90. The van der Waals surface area contributed by atoms with E-state index in [2.05, 4.69) is 78.5 Å². The molecule has 10 rings (SSSR count). The summed E-state index contributed by atoms with van der Waals surface area (Å²) < 4.78 is 17.3. The Hall–Kier alpha value is -6.26. The number of benzene rings is 6. The minimum atomic E-state index is -0.288. The van der Waals surface area contributed by atoms with Gasteiger partial charge in [-0.25, -0.2) is 9.97 Å². The maximum atomic E-state index is 12.8. The van der Waals surface area contributed by atoms with Crippen molar-refractivity contribution in [1.29, 1.82) is 0 Å². The first-order valence-electron chi connectivity index (χ1n) is 22.0. The van der Waals surface area contributed by atoms with E-state index in [1.54, 1.807) is 110 Å². The Balaban J connectivity index is 0.000000192. The van der Waals surface area contributed by atoms with Crippen molar-refractivity contribution < 1.29 is 38.5 Å². The number of amides is 4. The van der Waals surface area contributed by atoms with Gasteiger partial charge in [0.2, 0.25) is 0 Å². The molecule has 6 aromatic carbocycles. The van der Waals surface area contributed by atoms with Gasteiger partial charge in [-0.05, 0) is 122 Å². The molecule has 0 fully saturated rings. The fraction of sp³-hybridized carbons (Fsp3) is 0.115. The number of phenolic OH excluding ortho intramolecular Hbond substituents is 1. The van der Waals surface area contributed by atoms with Gasteiger partial charge in [0, 0.05) is 44.4 Å². The van der Waals surface area contributed by atoms with Gasteiger partial charge in [0.15, 0.2) is 11.5 Å². The smallest absolute Gasteiger partial charge is 0.369 e. The lowest BCUT2D eigenvalue weighted by molar-refractivity contribution is 0.0943. The number of hydrogen-bond donors (Lipinski definition) is 5. The van der Waals surface area contributed by atoms with Crippen molar-refractivity contribution in [2.45, 2.75) is 26.9 Å². The molecular weight excluding hydrogens is 1220 g/mol. The summed E-state index contributed by atoms with van der Waals surface area (Å²) in [6, 6.07) is 35.2. The predicted molar refractivity (Wildman–Crippen MR) is 306 cm³/mol. The summed E-state index contributed by atoms with van der Waals surface area (Å²) >= 11 is 21.8. The van der Waals surface area contributed by atoms with Gasteiger partial charge in [0.05, 0.1) is 48.0 Å². The Bertz CT molecular complexity index is 3340. The summed E-state index contributed by atoms with van der Waals surface area (Å²) in [5, 5.41) is 23.0. The van der Waals surface area contributed by atoms with Gasteiger partial charge in [0.1, 0.15) is 33.0 Å². The molecule has 14 nitrogen and oxygen atoms in total. The Morgan fingerprint density at radius 3 is 1.51 bits per heavy atom. The molecule has 0 saturated heterocycles. The average molecular weight is 1260 g/mol. The van der Waals surface area contributed by atoms with Gasteiger partial charge in [0.25, 0.3) is 23.6 Å². The zero-order valence-corrected chi connectivity index (χ0v) is 47.2. The van der Waals surface area contributed by atoms with E-state index in [1.807, 2.05) is 44.2 Å². The lowest BCUT2D eigenvalue weighted by Crippen LogP contribution is -2.22. The van der Waals surface area contributed by atoms with Crippen molar-refractivity contribution in [1.82, 2.24) is 20.6 Å². The molecule has 0 atom stereocenters. The lowest BCUT2D eigenvalue weighted by Gasteiger charge is -2.10. The summed E-state index contributed by atoms with van der Waals surface area (Å²) in [5.41, 5.74) is 6.32. The lowest BCUT2D eigenvalue weighted by atomic mass is 10.1. The number of hydrogen-bond acceptors (Lipinski definition) is 12. The highest BCUT2D eigenvalue weighted by molar-refractivity contribution is 9.69. The highest BCUT2D eigenvalue weighted by Gasteiger charge is 2.23. The van der Waals surface area contributed by atoms with E-state index in [0.29, 0.717) is 69.7 Å². The normalized spacial score (nSPS) is 11.5. The number of nitrogens with zero attached hydrogens (tertiary/aromatic N) is 2. The van der Waals surface area contributed by atoms with Crippen LogP contribution in [0.1, 0.15) is 62.3 Å². The van der Waals surface area contributed by atoms with E-state index in [9.17, 15) is 24.3 Å². The van der Waals surface area contributed by atoms with Gasteiger partial charge in [-0.15, -0.1) is 93.1 Å². The molecule has 378 valence electrons. The molecule has 22 heteroatoms. The molecule has 0 bridgehead atoms. The van der Waals surface area contributed by atoms with Crippen molar-refractivity contribution in [3.8, 4) is 55.6 Å². The number of phenols is 1. The standard InChI is InChI=1S/C26H21N3O4S.C25H19N3O4S.CH2Cl2.BBr3/c1-15-11-17(8-9-21(15)32-2)26-28-14-18(34-26)13-27-24(30)16-7-10-23-20(12-16)29-25(31)19-5-3-4-6-22(19)33-23;1-14-10-16(6-8-20(14)29)25-27-13-17(33-25)12-26-23(30)15-7-9-22-19(11-15)28-24(31)18-4-2-3-5-21(18)32-22;2-1-3;2-1(3)4/h3-12,14H,13H2,1-2H3,(H,27,30)(H,29,31);2-11,13,29H,12H2,1H3,(H,26,30)(H,28,31);1H2;. The van der Waals surface area contributed by atoms with Crippen molar-refractivity contribution in [3.05, 3.63) is 177 Å². The van der Waals surface area contributed by atoms with E-state index >= 15 is 0 Å². The highest BCUT2D eigenvalue weighted by atomic mass is 79.9. The van der Waals surface area contributed by atoms with E-state index in [4.69, 9.17) is 37.4 Å². The third-order valence-electron chi connectivity index (χ3n) is 10.7. The van der Waals surface area contributed by atoms with Crippen LogP contribution in [0.3, 0.4) is 0 Å². The molecule has 8 aromatic rings. The largest absolute Gasteiger partial charge is 0.508 e. The number of rotatable bonds is 9. The van der Waals surface area contributed by atoms with Gasteiger partial charge in [-0.3, -0.25) is 19.2 Å². The van der Waals surface area contributed by atoms with Crippen molar-refractivity contribution in [3.63, 3.8) is 0 Å². The number of anilines is 2. The second kappa shape index (κ2) is 26.3. The predicted octanol–water partition coefficient (Wildman–Crippen LogP) is 14.1. The summed E-state index contributed by atoms with van der Waals surface area (Å²) in [7, 11) is 1.65. The minimum Gasteiger partial charge on any atom is -0.508 e. The molecule has 4 amide bonds. The van der Waals surface area contributed by atoms with Crippen molar-refractivity contribution in [2.24, 2.45) is 0 Å². The maximum absolute atomic E-state index is 12.8. The quantitative estimate of drug-likeness (QED) is 0.0687. The summed E-state index contributed by atoms with van der Waals surface area (Å²) in [6.07, 6.45) is 3.49. The van der Waals surface area contributed by atoms with Gasteiger partial charge in [-0.2, -0.15) is 0 Å². The third-order valence-corrected chi connectivity index (χ3v) is 12.8. The highest BCUT2D eigenvalue weighted by Crippen LogP contribution is 2.38. The van der Waals surface area contributed by atoms with Crippen molar-refractivity contribution in [2.75, 3.05) is 23.1 Å². The van der Waals surface area contributed by atoms with Crippen LogP contribution in [0.25, 0.3) is 21.1 Å². The van der Waals surface area contributed by atoms with Crippen LogP contribution in [0.5, 0.6) is 34.5 Å². The summed E-state index contributed by atoms with van der Waals surface area (Å²) in [5.74, 6) is 1.88. The van der Waals surface area contributed by atoms with Crippen molar-refractivity contribution >= 4 is 131 Å². The van der Waals surface area contributed by atoms with E-state index in [1.165, 1.54) is 22.7 Å². The molecule has 0 aliphatic carbocycles. The second-order valence-electron chi connectivity index (χ2n) is 15.7. The third kappa shape index (κ3) is 14.5. The number of fused-ring (bicyclic) bond motifs is 4. The molecule has 74 heavy (non-hydrogen) atoms. The van der Waals surface area contributed by atoms with Crippen LogP contribution in [-0.2, 0) is 13.1 Å². The molecule has 0 radical (unpaired) electrons. The Morgan fingerprint density at radius 1 is 0.649 bits per heavy atom. The zero-order valence-electron chi connectivity index (χ0n) is 39.3. The van der Waals surface area contributed by atoms with Gasteiger partial charge in [-0.1, -0.05) is 24.3 Å². The van der Waals surface area contributed by atoms with Crippen LogP contribution < -0.4 is 35.5 Å². The SMILES string of the molecule is BrB(Br)Br.COc1ccc(-c2ncc(CNC(=O)c3ccc4c(c3)NC(=O)c3ccccc3O4)s2)cc1C.Cc1cc(-c2ncc(CNC(=O)c3ccc4c(c3)NC(=O)c3ccccc3O4)s2)ccc1O.ClCCl. The first-order chi connectivity index (χ1) is 35.6. The number of thiazole rings is 2. The van der Waals surface area contributed by atoms with Crippen LogP contribution in [0.15, 0.2) is 134 Å². The number of aryl methyl sites for hydroxylation is 2. The molecule has 0 saturated carbocycles. The monoisotopic (exact) mass is 1260 g/mol. The average Bonchev–Trinajstić information content (AvgIpc) is 4.02. The second-order valence-corrected chi connectivity index (χ2v) is 25.2. The number of aromatic nitrogens is 2. The molecule has 0 unspecified atom stereocenters. The Labute approximate surface area is 469 Å². The van der Waals surface area contributed by atoms with E-state index in [0.717, 1.165) is 47.8 Å². The number of alkyl halides is 2. The molecular formula is C52H42BBr3Cl2N6O8S2. The number of para-hydroxylation sites is 2. The van der Waals surface area contributed by atoms with E-state index in [-0.39, 0.29) is 37.9 Å². The number of carbonyl (C=O) groups excluding carboxylic acids is 4. The minimum absolute atomic E-state index is 0.194. The first kappa shape index (κ1) is 55.5. The number of carbonyl (C=O) groups is 4. The number of nitrogens with one attached hydrogen (secondary N) is 4. The summed E-state index contributed by atoms with van der Waals surface area (Å²) in [6.45, 7) is 4.49. The molecule has 4 heterocycles.